The van der Waals surface area contributed by atoms with E-state index < -0.39 is 0 Å². The van der Waals surface area contributed by atoms with E-state index in [2.05, 4.69) is 18.0 Å². The zero-order valence-corrected chi connectivity index (χ0v) is 8.91. The van der Waals surface area contributed by atoms with E-state index in [1.165, 1.54) is 32.1 Å². The lowest BCUT2D eigenvalue weighted by atomic mass is 9.98. The third-order valence-corrected chi connectivity index (χ3v) is 2.94. The van der Waals surface area contributed by atoms with Crippen LogP contribution in [0.4, 0.5) is 0 Å². The summed E-state index contributed by atoms with van der Waals surface area (Å²) in [5, 5.41) is 0. The second kappa shape index (κ2) is 4.63. The van der Waals surface area contributed by atoms with Crippen LogP contribution in [0.1, 0.15) is 39.0 Å². The van der Waals surface area contributed by atoms with Gasteiger partial charge in [-0.25, -0.2) is 0 Å². The van der Waals surface area contributed by atoms with Gasteiger partial charge in [0, 0.05) is 6.54 Å². The predicted octanol–water partition coefficient (Wildman–Crippen LogP) is 2.94. The van der Waals surface area contributed by atoms with Crippen molar-refractivity contribution in [1.82, 2.24) is 0 Å². The van der Waals surface area contributed by atoms with Crippen molar-refractivity contribution < 1.29 is 4.74 Å². The molecule has 0 spiro atoms. The van der Waals surface area contributed by atoms with Gasteiger partial charge in [0.15, 0.2) is 0 Å². The van der Waals surface area contributed by atoms with E-state index in [1.54, 1.807) is 0 Å². The number of rotatable bonds is 1. The molecule has 14 heavy (non-hydrogen) atoms. The molecule has 1 aliphatic heterocycles. The maximum absolute atomic E-state index is 5.84. The van der Waals surface area contributed by atoms with Crippen LogP contribution in [0.2, 0.25) is 0 Å². The quantitative estimate of drug-likeness (QED) is 0.627. The number of hydrogen-bond acceptors (Lipinski definition) is 2. The maximum atomic E-state index is 5.84. The standard InChI is InChI=1S/C12H19NO/c1-10-7-8-12(13-9-10)14-11-5-3-2-4-6-11/h7-8,10-11H,2-6,9H2,1H3. The van der Waals surface area contributed by atoms with E-state index in [1.807, 2.05) is 6.08 Å². The molecule has 1 heterocycles. The summed E-state index contributed by atoms with van der Waals surface area (Å²) in [5.74, 6) is 1.43. The molecule has 0 N–H and O–H groups in total. The van der Waals surface area contributed by atoms with Crippen LogP contribution in [0.25, 0.3) is 0 Å². The molecule has 0 amide bonds. The van der Waals surface area contributed by atoms with E-state index in [4.69, 9.17) is 4.74 Å². The molecule has 0 bridgehead atoms. The van der Waals surface area contributed by atoms with Crippen LogP contribution in [-0.4, -0.2) is 18.5 Å². The molecule has 0 saturated heterocycles. The van der Waals surface area contributed by atoms with Crippen molar-refractivity contribution in [3.8, 4) is 0 Å². The van der Waals surface area contributed by atoms with Crippen molar-refractivity contribution in [2.75, 3.05) is 6.54 Å². The molecule has 0 radical (unpaired) electrons. The Morgan fingerprint density at radius 2 is 2.07 bits per heavy atom. The average Bonchev–Trinajstić information content (AvgIpc) is 2.23. The lowest BCUT2D eigenvalue weighted by Crippen LogP contribution is -2.21. The first-order valence-corrected chi connectivity index (χ1v) is 5.74. The highest BCUT2D eigenvalue weighted by Gasteiger charge is 2.16. The van der Waals surface area contributed by atoms with Crippen molar-refractivity contribution in [2.45, 2.75) is 45.1 Å². The largest absolute Gasteiger partial charge is 0.475 e. The molecule has 1 saturated carbocycles. The van der Waals surface area contributed by atoms with Crippen LogP contribution in [0.5, 0.6) is 0 Å². The lowest BCUT2D eigenvalue weighted by molar-refractivity contribution is 0.143. The number of ether oxygens (including phenoxy) is 1. The lowest BCUT2D eigenvalue weighted by Gasteiger charge is -2.23. The van der Waals surface area contributed by atoms with Crippen LogP contribution in [-0.2, 0) is 4.74 Å². The molecule has 2 rings (SSSR count). The highest BCUT2D eigenvalue weighted by Crippen LogP contribution is 2.21. The molecule has 1 aliphatic carbocycles. The molecule has 0 aromatic carbocycles. The topological polar surface area (TPSA) is 21.6 Å². The Labute approximate surface area is 86.1 Å². The van der Waals surface area contributed by atoms with E-state index in [-0.39, 0.29) is 0 Å². The van der Waals surface area contributed by atoms with Crippen LogP contribution in [0, 0.1) is 5.92 Å². The fraction of sp³-hybridized carbons (Fsp3) is 0.750. The Morgan fingerprint density at radius 1 is 1.29 bits per heavy atom. The van der Waals surface area contributed by atoms with Crippen molar-refractivity contribution in [3.63, 3.8) is 0 Å². The van der Waals surface area contributed by atoms with Gasteiger partial charge in [0.25, 0.3) is 0 Å². The molecule has 1 fully saturated rings. The van der Waals surface area contributed by atoms with E-state index in [0.717, 1.165) is 12.4 Å². The molecule has 0 aromatic heterocycles. The normalized spacial score (nSPS) is 28.6. The Balaban J connectivity index is 1.82. The summed E-state index contributed by atoms with van der Waals surface area (Å²) < 4.78 is 5.84. The van der Waals surface area contributed by atoms with Gasteiger partial charge in [-0.05, 0) is 37.7 Å². The summed E-state index contributed by atoms with van der Waals surface area (Å²) in [6.07, 6.45) is 11.1. The van der Waals surface area contributed by atoms with Gasteiger partial charge in [-0.1, -0.05) is 19.4 Å². The highest BCUT2D eigenvalue weighted by molar-refractivity contribution is 5.88. The third-order valence-electron chi connectivity index (χ3n) is 2.94. The molecular weight excluding hydrogens is 174 g/mol. The van der Waals surface area contributed by atoms with Gasteiger partial charge in [0.05, 0.1) is 0 Å². The number of dihydropyridines is 1. The van der Waals surface area contributed by atoms with Gasteiger partial charge in [-0.15, -0.1) is 0 Å². The molecular formula is C12H19NO. The minimum Gasteiger partial charge on any atom is -0.475 e. The van der Waals surface area contributed by atoms with E-state index in [0.29, 0.717) is 12.0 Å². The summed E-state index contributed by atoms with van der Waals surface area (Å²) in [6.45, 7) is 3.07. The highest BCUT2D eigenvalue weighted by atomic mass is 16.5. The minimum absolute atomic E-state index is 0.431. The molecule has 78 valence electrons. The fourth-order valence-electron chi connectivity index (χ4n) is 2.02. The zero-order valence-electron chi connectivity index (χ0n) is 8.91. The average molecular weight is 193 g/mol. The Morgan fingerprint density at radius 3 is 2.71 bits per heavy atom. The van der Waals surface area contributed by atoms with Crippen LogP contribution in [0.15, 0.2) is 17.1 Å². The van der Waals surface area contributed by atoms with Crippen molar-refractivity contribution >= 4 is 5.90 Å². The minimum atomic E-state index is 0.431. The summed E-state index contributed by atoms with van der Waals surface area (Å²) in [5.41, 5.74) is 0. The Bertz CT molecular complexity index is 239. The molecule has 2 heteroatoms. The smallest absolute Gasteiger partial charge is 0.208 e. The summed E-state index contributed by atoms with van der Waals surface area (Å²) in [4.78, 5) is 4.41. The first-order valence-electron chi connectivity index (χ1n) is 5.74. The summed E-state index contributed by atoms with van der Waals surface area (Å²) >= 11 is 0. The predicted molar refractivity (Wildman–Crippen MR) is 58.6 cm³/mol. The van der Waals surface area contributed by atoms with Crippen LogP contribution < -0.4 is 0 Å². The molecule has 1 atom stereocenters. The molecule has 0 aromatic rings. The van der Waals surface area contributed by atoms with Crippen molar-refractivity contribution in [3.05, 3.63) is 12.2 Å². The van der Waals surface area contributed by atoms with Gasteiger partial charge >= 0.3 is 0 Å². The maximum Gasteiger partial charge on any atom is 0.208 e. The summed E-state index contributed by atoms with van der Waals surface area (Å²) in [7, 11) is 0. The number of hydrogen-bond donors (Lipinski definition) is 0. The molecule has 2 aliphatic rings. The van der Waals surface area contributed by atoms with Gasteiger partial charge in [0.2, 0.25) is 5.90 Å². The van der Waals surface area contributed by atoms with Crippen molar-refractivity contribution in [2.24, 2.45) is 10.9 Å². The third kappa shape index (κ3) is 2.60. The van der Waals surface area contributed by atoms with E-state index >= 15 is 0 Å². The second-order valence-electron chi connectivity index (χ2n) is 4.39. The van der Waals surface area contributed by atoms with Gasteiger partial charge < -0.3 is 4.74 Å². The number of aliphatic imine (C=N–C) groups is 1. The van der Waals surface area contributed by atoms with E-state index in [9.17, 15) is 0 Å². The van der Waals surface area contributed by atoms with Crippen LogP contribution in [0.3, 0.4) is 0 Å². The number of nitrogens with zero attached hydrogens (tertiary/aromatic N) is 1. The summed E-state index contributed by atoms with van der Waals surface area (Å²) in [6, 6.07) is 0. The molecule has 2 nitrogen and oxygen atoms in total. The van der Waals surface area contributed by atoms with Crippen molar-refractivity contribution in [1.29, 1.82) is 0 Å². The Kier molecular flexibility index (Phi) is 3.22. The Hall–Kier alpha value is -0.790. The first-order chi connectivity index (χ1) is 6.84. The second-order valence-corrected chi connectivity index (χ2v) is 4.39. The van der Waals surface area contributed by atoms with Gasteiger partial charge in [0.1, 0.15) is 6.10 Å². The molecule has 1 unspecified atom stereocenters. The monoisotopic (exact) mass is 193 g/mol. The first kappa shape index (κ1) is 9.75. The van der Waals surface area contributed by atoms with Gasteiger partial charge in [-0.3, -0.25) is 4.99 Å². The fourth-order valence-corrected chi connectivity index (χ4v) is 2.02. The zero-order chi connectivity index (χ0) is 9.80. The van der Waals surface area contributed by atoms with Crippen LogP contribution >= 0.6 is 0 Å². The van der Waals surface area contributed by atoms with Gasteiger partial charge in [-0.2, -0.15) is 0 Å². The SMILES string of the molecule is CC1C=CC(OC2CCCCC2)=NC1.